The smallest absolute Gasteiger partial charge is 0.271 e. The van der Waals surface area contributed by atoms with Crippen LogP contribution in [0.2, 0.25) is 0 Å². The van der Waals surface area contributed by atoms with Crippen LogP contribution < -0.4 is 5.09 Å². The molecule has 0 bridgehead atoms. The molecule has 0 spiro atoms. The third-order valence-corrected chi connectivity index (χ3v) is 1.48. The van der Waals surface area contributed by atoms with Gasteiger partial charge in [-0.2, -0.15) is 0 Å². The molecular weight excluding hydrogens is 161 g/mol. The number of nitrogens with one attached hydrogen (secondary N) is 1. The Kier molecular flexibility index (Phi) is 2.75. The summed E-state index contributed by atoms with van der Waals surface area (Å²) in [7, 11) is -0.365. The van der Waals surface area contributed by atoms with Crippen LogP contribution in [0.5, 0.6) is 0 Å². The molecule has 4 heteroatoms. The molecule has 0 saturated carbocycles. The Morgan fingerprint density at radius 3 is 2.45 bits per heavy atom. The Labute approximate surface area is 65.7 Å². The molecule has 0 fully saturated rings. The van der Waals surface area contributed by atoms with E-state index < -0.39 is 0 Å². The summed E-state index contributed by atoms with van der Waals surface area (Å²) < 4.78 is 9.95. The first kappa shape index (κ1) is 7.89. The highest BCUT2D eigenvalue weighted by molar-refractivity contribution is 7.22. The minimum atomic E-state index is -0.365. The fourth-order valence-corrected chi connectivity index (χ4v) is 0.908. The van der Waals surface area contributed by atoms with Crippen molar-refractivity contribution in [2.45, 2.75) is 0 Å². The zero-order chi connectivity index (χ0) is 8.10. The van der Waals surface area contributed by atoms with Crippen LogP contribution in [0.25, 0.3) is 0 Å². The number of amides is 1. The third-order valence-electron chi connectivity index (χ3n) is 1.18. The van der Waals surface area contributed by atoms with Crippen molar-refractivity contribution in [3.8, 4) is 0 Å². The number of benzene rings is 1. The van der Waals surface area contributed by atoms with E-state index in [9.17, 15) is 9.36 Å². The number of rotatable bonds is 2. The van der Waals surface area contributed by atoms with E-state index in [1.165, 1.54) is 0 Å². The summed E-state index contributed by atoms with van der Waals surface area (Å²) in [6.45, 7) is 0. The second kappa shape index (κ2) is 3.84. The van der Waals surface area contributed by atoms with Crippen molar-refractivity contribution in [1.29, 1.82) is 0 Å². The molecule has 11 heavy (non-hydrogen) atoms. The summed E-state index contributed by atoms with van der Waals surface area (Å²) in [5.74, 6) is -0.331. The van der Waals surface area contributed by atoms with E-state index >= 15 is 0 Å². The summed E-state index contributed by atoms with van der Waals surface area (Å²) in [6, 6.07) is 8.61. The summed E-state index contributed by atoms with van der Waals surface area (Å²) in [5, 5.41) is 2.14. The molecule has 3 nitrogen and oxygen atoms in total. The molecule has 0 unspecified atom stereocenters. The van der Waals surface area contributed by atoms with Crippen molar-refractivity contribution in [3.05, 3.63) is 35.9 Å². The highest BCUT2D eigenvalue weighted by atomic mass is 31.1. The maximum atomic E-state index is 10.9. The normalized spacial score (nSPS) is 9.45. The van der Waals surface area contributed by atoms with Crippen molar-refractivity contribution in [3.63, 3.8) is 0 Å². The molecule has 0 radical (unpaired) electrons. The van der Waals surface area contributed by atoms with Gasteiger partial charge >= 0.3 is 0 Å². The van der Waals surface area contributed by atoms with Gasteiger partial charge < -0.3 is 0 Å². The van der Waals surface area contributed by atoms with Crippen LogP contribution in [0.4, 0.5) is 0 Å². The van der Waals surface area contributed by atoms with Gasteiger partial charge in [0.1, 0.15) is 0 Å². The zero-order valence-corrected chi connectivity index (χ0v) is 6.54. The average molecular weight is 167 g/mol. The molecule has 0 heterocycles. The molecule has 0 aromatic heterocycles. The largest absolute Gasteiger partial charge is 0.281 e. The van der Waals surface area contributed by atoms with Crippen molar-refractivity contribution in [2.24, 2.45) is 0 Å². The van der Waals surface area contributed by atoms with E-state index in [0.717, 1.165) is 0 Å². The minimum absolute atomic E-state index is 0.331. The van der Waals surface area contributed by atoms with Crippen LogP contribution in [-0.2, 0) is 4.57 Å². The number of hydrogen-bond donors (Lipinski definition) is 1. The molecule has 1 aromatic rings. The second-order valence-corrected chi connectivity index (χ2v) is 2.30. The average Bonchev–Trinajstić information content (AvgIpc) is 2.07. The molecule has 1 aromatic carbocycles. The monoisotopic (exact) mass is 167 g/mol. The second-order valence-electron chi connectivity index (χ2n) is 1.90. The summed E-state index contributed by atoms with van der Waals surface area (Å²) >= 11 is 0. The van der Waals surface area contributed by atoms with Gasteiger partial charge in [-0.05, 0) is 12.1 Å². The summed E-state index contributed by atoms with van der Waals surface area (Å²) in [6.07, 6.45) is 0. The van der Waals surface area contributed by atoms with Crippen molar-refractivity contribution in [2.75, 3.05) is 0 Å². The first-order chi connectivity index (χ1) is 5.34. The topological polar surface area (TPSA) is 46.2 Å². The van der Waals surface area contributed by atoms with E-state index in [-0.39, 0.29) is 14.5 Å². The molecular formula is C7H6NO2P. The quantitative estimate of drug-likeness (QED) is 0.680. The minimum Gasteiger partial charge on any atom is -0.271 e. The van der Waals surface area contributed by atoms with E-state index in [0.29, 0.717) is 5.56 Å². The number of carbonyl (C=O) groups is 1. The van der Waals surface area contributed by atoms with Crippen molar-refractivity contribution < 1.29 is 9.36 Å². The summed E-state index contributed by atoms with van der Waals surface area (Å²) in [4.78, 5) is 10.9. The Morgan fingerprint density at radius 1 is 1.27 bits per heavy atom. The molecule has 56 valence electrons. The number of hydrogen-bond acceptors (Lipinski definition) is 2. The maximum Gasteiger partial charge on any atom is 0.281 e. The van der Waals surface area contributed by atoms with Gasteiger partial charge in [0.25, 0.3) is 14.5 Å². The van der Waals surface area contributed by atoms with Gasteiger partial charge in [0.2, 0.25) is 0 Å². The van der Waals surface area contributed by atoms with E-state index in [2.05, 4.69) is 5.09 Å². The predicted octanol–water partition coefficient (Wildman–Crippen LogP) is 1.62. The number of carbonyl (C=O) groups excluding carboxylic acids is 1. The summed E-state index contributed by atoms with van der Waals surface area (Å²) in [5.41, 5.74) is 0.510. The Bertz CT molecular complexity index is 260. The lowest BCUT2D eigenvalue weighted by atomic mass is 10.2. The molecule has 0 saturated heterocycles. The molecule has 0 aliphatic heterocycles. The van der Waals surface area contributed by atoms with Gasteiger partial charge in [-0.3, -0.25) is 9.88 Å². The lowest BCUT2D eigenvalue weighted by molar-refractivity contribution is 0.0982. The van der Waals surface area contributed by atoms with Gasteiger partial charge in [0.05, 0.1) is 0 Å². The maximum absolute atomic E-state index is 10.9. The van der Waals surface area contributed by atoms with E-state index in [1.54, 1.807) is 24.3 Å². The lowest BCUT2D eigenvalue weighted by Crippen LogP contribution is -2.11. The van der Waals surface area contributed by atoms with Gasteiger partial charge in [0, 0.05) is 5.56 Å². The van der Waals surface area contributed by atoms with Crippen LogP contribution >= 0.6 is 8.61 Å². The van der Waals surface area contributed by atoms with Crippen molar-refractivity contribution >= 4 is 14.5 Å². The van der Waals surface area contributed by atoms with E-state index in [1.807, 2.05) is 6.07 Å². The molecule has 0 aliphatic carbocycles. The van der Waals surface area contributed by atoms with E-state index in [4.69, 9.17) is 0 Å². The van der Waals surface area contributed by atoms with Crippen LogP contribution in [0.3, 0.4) is 0 Å². The fraction of sp³-hybridized carbons (Fsp3) is 0. The highest BCUT2D eigenvalue weighted by Gasteiger charge is 2.01. The fourth-order valence-electron chi connectivity index (χ4n) is 0.696. The highest BCUT2D eigenvalue weighted by Crippen LogP contribution is 1.99. The van der Waals surface area contributed by atoms with Gasteiger partial charge in [-0.25, -0.2) is 4.57 Å². The standard InChI is InChI=1S/C7H6NO2P/c9-7(8-11-10)6-4-2-1-3-5-6/h1-5H,(H,8,9,10). The van der Waals surface area contributed by atoms with Crippen LogP contribution in [-0.4, -0.2) is 5.91 Å². The van der Waals surface area contributed by atoms with Gasteiger partial charge in [-0.15, -0.1) is 0 Å². The molecule has 1 rings (SSSR count). The first-order valence-corrected chi connectivity index (χ1v) is 3.83. The molecule has 0 aliphatic rings. The molecule has 1 amide bonds. The van der Waals surface area contributed by atoms with Gasteiger partial charge in [-0.1, -0.05) is 18.2 Å². The lowest BCUT2D eigenvalue weighted by Gasteiger charge is -1.94. The van der Waals surface area contributed by atoms with Crippen LogP contribution in [0, 0.1) is 0 Å². The Morgan fingerprint density at radius 2 is 1.91 bits per heavy atom. The predicted molar refractivity (Wildman–Crippen MR) is 41.5 cm³/mol. The van der Waals surface area contributed by atoms with Crippen LogP contribution in [0.15, 0.2) is 30.3 Å². The Hall–Kier alpha value is -1.21. The molecule has 0 atom stereocenters. The molecule has 1 N–H and O–H groups in total. The SMILES string of the molecule is O=PNC(=O)c1ccccc1. The van der Waals surface area contributed by atoms with Gasteiger partial charge in [0.15, 0.2) is 0 Å². The third kappa shape index (κ3) is 2.13. The Balaban J connectivity index is 2.77. The zero-order valence-electron chi connectivity index (χ0n) is 5.65. The van der Waals surface area contributed by atoms with Crippen LogP contribution in [0.1, 0.15) is 10.4 Å². The first-order valence-electron chi connectivity index (χ1n) is 3.02. The van der Waals surface area contributed by atoms with Crippen molar-refractivity contribution in [1.82, 2.24) is 5.09 Å².